The van der Waals surface area contributed by atoms with Crippen LogP contribution in [0, 0.1) is 0 Å². The number of benzene rings is 2. The first kappa shape index (κ1) is 22.5. The Morgan fingerprint density at radius 1 is 0.900 bits per heavy atom. The normalized spacial score (nSPS) is 9.90. The molecule has 30 heavy (non-hydrogen) atoms. The Bertz CT molecular complexity index is 829. The Hall–Kier alpha value is -3.75. The molecule has 0 saturated heterocycles. The van der Waals surface area contributed by atoms with E-state index in [0.29, 0.717) is 17.9 Å². The largest absolute Gasteiger partial charge is 0.495 e. The Balaban J connectivity index is 1.53. The molecule has 0 aliphatic rings. The molecule has 0 aliphatic heterocycles. The SMILES string of the molecule is COc1ccccc1NCC(=O)NNC(=O)CCCNC(=O)OCc1ccccc1. The minimum atomic E-state index is -0.546. The van der Waals surface area contributed by atoms with Crippen molar-refractivity contribution in [2.24, 2.45) is 0 Å². The van der Waals surface area contributed by atoms with E-state index >= 15 is 0 Å². The van der Waals surface area contributed by atoms with Crippen molar-refractivity contribution in [1.82, 2.24) is 16.2 Å². The fraction of sp³-hybridized carbons (Fsp3) is 0.286. The topological polar surface area (TPSA) is 118 Å². The van der Waals surface area contributed by atoms with Crippen LogP contribution in [-0.2, 0) is 20.9 Å². The van der Waals surface area contributed by atoms with E-state index in [-0.39, 0.29) is 32.0 Å². The van der Waals surface area contributed by atoms with Crippen LogP contribution in [0.1, 0.15) is 18.4 Å². The number of amides is 3. The third kappa shape index (κ3) is 8.51. The number of methoxy groups -OCH3 is 1. The van der Waals surface area contributed by atoms with Gasteiger partial charge in [-0.2, -0.15) is 0 Å². The van der Waals surface area contributed by atoms with Crippen LogP contribution in [-0.4, -0.2) is 38.1 Å². The second-order valence-corrected chi connectivity index (χ2v) is 6.24. The highest BCUT2D eigenvalue weighted by atomic mass is 16.5. The molecule has 0 fully saturated rings. The standard InChI is InChI=1S/C21H26N4O5/c1-29-18-11-6-5-10-17(18)23-14-20(27)25-24-19(26)12-7-13-22-21(28)30-15-16-8-3-2-4-9-16/h2-6,8-11,23H,7,12-15H2,1H3,(H,22,28)(H,24,26)(H,25,27). The van der Waals surface area contributed by atoms with Crippen LogP contribution >= 0.6 is 0 Å². The number of alkyl carbamates (subject to hydrolysis) is 1. The number of anilines is 1. The number of para-hydroxylation sites is 2. The number of carbonyl (C=O) groups is 3. The quantitative estimate of drug-likeness (QED) is 0.349. The van der Waals surface area contributed by atoms with Gasteiger partial charge in [0.05, 0.1) is 19.3 Å². The van der Waals surface area contributed by atoms with Crippen LogP contribution in [0.5, 0.6) is 5.75 Å². The summed E-state index contributed by atoms with van der Waals surface area (Å²) in [5.41, 5.74) is 6.22. The van der Waals surface area contributed by atoms with Gasteiger partial charge in [0.15, 0.2) is 0 Å². The molecule has 4 N–H and O–H groups in total. The van der Waals surface area contributed by atoms with Crippen molar-refractivity contribution in [2.75, 3.05) is 25.5 Å². The number of hydrogen-bond donors (Lipinski definition) is 4. The van der Waals surface area contributed by atoms with Gasteiger partial charge in [-0.25, -0.2) is 4.79 Å². The van der Waals surface area contributed by atoms with Gasteiger partial charge in [-0.1, -0.05) is 42.5 Å². The van der Waals surface area contributed by atoms with Crippen molar-refractivity contribution in [3.63, 3.8) is 0 Å². The number of rotatable bonds is 10. The Labute approximate surface area is 175 Å². The van der Waals surface area contributed by atoms with E-state index in [4.69, 9.17) is 9.47 Å². The summed E-state index contributed by atoms with van der Waals surface area (Å²) in [6.07, 6.45) is -0.00387. The van der Waals surface area contributed by atoms with E-state index in [9.17, 15) is 14.4 Å². The Morgan fingerprint density at radius 3 is 2.37 bits per heavy atom. The summed E-state index contributed by atoms with van der Waals surface area (Å²) >= 11 is 0. The molecule has 2 aromatic rings. The van der Waals surface area contributed by atoms with Crippen LogP contribution in [0.25, 0.3) is 0 Å². The molecule has 2 rings (SSSR count). The zero-order valence-electron chi connectivity index (χ0n) is 16.8. The molecule has 9 nitrogen and oxygen atoms in total. The third-order valence-electron chi connectivity index (χ3n) is 3.95. The number of nitrogens with one attached hydrogen (secondary N) is 4. The zero-order valence-corrected chi connectivity index (χ0v) is 16.8. The van der Waals surface area contributed by atoms with Crippen molar-refractivity contribution in [2.45, 2.75) is 19.4 Å². The van der Waals surface area contributed by atoms with E-state index in [1.54, 1.807) is 19.2 Å². The number of ether oxygens (including phenoxy) is 2. The first-order chi connectivity index (χ1) is 14.6. The van der Waals surface area contributed by atoms with Crippen LogP contribution in [0.15, 0.2) is 54.6 Å². The number of carbonyl (C=O) groups excluding carboxylic acids is 3. The lowest BCUT2D eigenvalue weighted by Gasteiger charge is -2.11. The molecular weight excluding hydrogens is 388 g/mol. The summed E-state index contributed by atoms with van der Waals surface area (Å²) in [6.45, 7) is 0.432. The van der Waals surface area contributed by atoms with Gasteiger partial charge < -0.3 is 20.1 Å². The molecule has 0 bridgehead atoms. The molecule has 0 spiro atoms. The van der Waals surface area contributed by atoms with Gasteiger partial charge in [0.1, 0.15) is 12.4 Å². The maximum absolute atomic E-state index is 11.8. The lowest BCUT2D eigenvalue weighted by atomic mass is 10.2. The average molecular weight is 414 g/mol. The van der Waals surface area contributed by atoms with Crippen LogP contribution < -0.4 is 26.2 Å². The Morgan fingerprint density at radius 2 is 1.60 bits per heavy atom. The molecule has 0 radical (unpaired) electrons. The minimum Gasteiger partial charge on any atom is -0.495 e. The summed E-state index contributed by atoms with van der Waals surface area (Å²) in [5.74, 6) is -0.152. The predicted octanol–water partition coefficient (Wildman–Crippen LogP) is 1.96. The van der Waals surface area contributed by atoms with Gasteiger partial charge in [-0.3, -0.25) is 20.4 Å². The van der Waals surface area contributed by atoms with Crippen LogP contribution in [0.2, 0.25) is 0 Å². The summed E-state index contributed by atoms with van der Waals surface area (Å²) in [6, 6.07) is 16.5. The van der Waals surface area contributed by atoms with Crippen LogP contribution in [0.3, 0.4) is 0 Å². The maximum Gasteiger partial charge on any atom is 0.407 e. The smallest absolute Gasteiger partial charge is 0.407 e. The van der Waals surface area contributed by atoms with Crippen molar-refractivity contribution in [3.8, 4) is 5.75 Å². The number of hydrazine groups is 1. The Kier molecular flexibility index (Phi) is 9.51. The van der Waals surface area contributed by atoms with Gasteiger partial charge in [0, 0.05) is 13.0 Å². The third-order valence-corrected chi connectivity index (χ3v) is 3.95. The molecule has 0 heterocycles. The molecule has 0 aliphatic carbocycles. The molecule has 0 aromatic heterocycles. The monoisotopic (exact) mass is 414 g/mol. The molecule has 0 atom stereocenters. The average Bonchev–Trinajstić information content (AvgIpc) is 2.78. The molecule has 0 unspecified atom stereocenters. The van der Waals surface area contributed by atoms with Gasteiger partial charge in [-0.15, -0.1) is 0 Å². The fourth-order valence-corrected chi connectivity index (χ4v) is 2.43. The minimum absolute atomic E-state index is 0.0323. The second-order valence-electron chi connectivity index (χ2n) is 6.24. The first-order valence-electron chi connectivity index (χ1n) is 9.47. The van der Waals surface area contributed by atoms with Crippen molar-refractivity contribution in [1.29, 1.82) is 0 Å². The van der Waals surface area contributed by atoms with Crippen molar-refractivity contribution >= 4 is 23.6 Å². The lowest BCUT2D eigenvalue weighted by Crippen LogP contribution is -2.44. The molecule has 9 heteroatoms. The fourth-order valence-electron chi connectivity index (χ4n) is 2.43. The molecule has 2 aromatic carbocycles. The van der Waals surface area contributed by atoms with Crippen molar-refractivity contribution in [3.05, 3.63) is 60.2 Å². The zero-order chi connectivity index (χ0) is 21.6. The van der Waals surface area contributed by atoms with Gasteiger partial charge in [0.25, 0.3) is 5.91 Å². The summed E-state index contributed by atoms with van der Waals surface area (Å²) < 4.78 is 10.3. The summed E-state index contributed by atoms with van der Waals surface area (Å²) in [5, 5.41) is 5.50. The second kappa shape index (κ2) is 12.7. The van der Waals surface area contributed by atoms with E-state index in [1.807, 2.05) is 42.5 Å². The first-order valence-corrected chi connectivity index (χ1v) is 9.47. The van der Waals surface area contributed by atoms with Crippen LogP contribution in [0.4, 0.5) is 10.5 Å². The van der Waals surface area contributed by atoms with Gasteiger partial charge >= 0.3 is 6.09 Å². The van der Waals surface area contributed by atoms with Gasteiger partial charge in [-0.05, 0) is 24.1 Å². The lowest BCUT2D eigenvalue weighted by molar-refractivity contribution is -0.128. The molecule has 160 valence electrons. The van der Waals surface area contributed by atoms with E-state index in [2.05, 4.69) is 21.5 Å². The molecular formula is C21H26N4O5. The van der Waals surface area contributed by atoms with Gasteiger partial charge in [0.2, 0.25) is 5.91 Å². The highest BCUT2D eigenvalue weighted by Crippen LogP contribution is 2.22. The van der Waals surface area contributed by atoms with Crippen molar-refractivity contribution < 1.29 is 23.9 Å². The predicted molar refractivity (Wildman–Crippen MR) is 112 cm³/mol. The van der Waals surface area contributed by atoms with E-state index in [1.165, 1.54) is 0 Å². The van der Waals surface area contributed by atoms with E-state index in [0.717, 1.165) is 5.56 Å². The highest BCUT2D eigenvalue weighted by Gasteiger charge is 2.07. The maximum atomic E-state index is 11.8. The summed E-state index contributed by atoms with van der Waals surface area (Å²) in [7, 11) is 1.54. The summed E-state index contributed by atoms with van der Waals surface area (Å²) in [4.78, 5) is 35.2. The molecule has 3 amide bonds. The highest BCUT2D eigenvalue weighted by molar-refractivity contribution is 5.84. The van der Waals surface area contributed by atoms with E-state index < -0.39 is 12.0 Å². The molecule has 0 saturated carbocycles. The number of hydrogen-bond acceptors (Lipinski definition) is 6.